The number of hydrogen-bond donors (Lipinski definition) is 1. The van der Waals surface area contributed by atoms with Crippen molar-refractivity contribution in [3.63, 3.8) is 0 Å². The highest BCUT2D eigenvalue weighted by molar-refractivity contribution is 6.31. The molecular formula is C21H16ClFN2O2. The number of hydrazone groups is 1. The molecule has 0 heterocycles. The van der Waals surface area contributed by atoms with Crippen LogP contribution in [0.25, 0.3) is 0 Å². The van der Waals surface area contributed by atoms with E-state index in [2.05, 4.69) is 10.5 Å². The molecule has 0 aliphatic carbocycles. The summed E-state index contributed by atoms with van der Waals surface area (Å²) in [6, 6.07) is 20.0. The standard InChI is InChI=1S/C21H16ClFN2O2/c22-20-4-2-1-3-17(20)14-27-19-11-5-15(6-12-19)13-24-25-21(26)16-7-9-18(23)10-8-16/h1-13H,14H2,(H,25,26)/b24-13+. The summed E-state index contributed by atoms with van der Waals surface area (Å²) in [5.41, 5.74) is 4.43. The number of halogens is 2. The summed E-state index contributed by atoms with van der Waals surface area (Å²) in [6.07, 6.45) is 1.51. The lowest BCUT2D eigenvalue weighted by atomic mass is 10.2. The number of hydrogen-bond acceptors (Lipinski definition) is 3. The van der Waals surface area contributed by atoms with Gasteiger partial charge in [-0.05, 0) is 60.2 Å². The maximum Gasteiger partial charge on any atom is 0.271 e. The van der Waals surface area contributed by atoms with E-state index in [1.165, 1.54) is 30.5 Å². The fourth-order valence-electron chi connectivity index (χ4n) is 2.26. The van der Waals surface area contributed by atoms with Crippen LogP contribution in [0.5, 0.6) is 5.75 Å². The molecular weight excluding hydrogens is 367 g/mol. The quantitative estimate of drug-likeness (QED) is 0.490. The van der Waals surface area contributed by atoms with Gasteiger partial charge in [0.2, 0.25) is 0 Å². The molecule has 1 N–H and O–H groups in total. The summed E-state index contributed by atoms with van der Waals surface area (Å²) in [5.74, 6) is -0.111. The van der Waals surface area contributed by atoms with Gasteiger partial charge in [-0.1, -0.05) is 29.8 Å². The lowest BCUT2D eigenvalue weighted by Gasteiger charge is -2.07. The van der Waals surface area contributed by atoms with Gasteiger partial charge in [0, 0.05) is 16.1 Å². The number of amides is 1. The van der Waals surface area contributed by atoms with Gasteiger partial charge in [0.05, 0.1) is 6.21 Å². The first-order valence-electron chi connectivity index (χ1n) is 8.17. The molecule has 1 amide bonds. The minimum atomic E-state index is -0.411. The number of carbonyl (C=O) groups excluding carboxylic acids is 1. The molecule has 136 valence electrons. The fourth-order valence-corrected chi connectivity index (χ4v) is 2.45. The van der Waals surface area contributed by atoms with Crippen LogP contribution in [0.3, 0.4) is 0 Å². The first kappa shape index (κ1) is 18.6. The van der Waals surface area contributed by atoms with Crippen LogP contribution in [0.2, 0.25) is 5.02 Å². The Kier molecular flexibility index (Phi) is 6.18. The molecule has 3 rings (SSSR count). The molecule has 0 aliphatic heterocycles. The van der Waals surface area contributed by atoms with Crippen LogP contribution in [0.1, 0.15) is 21.5 Å². The Morgan fingerprint density at radius 2 is 1.74 bits per heavy atom. The first-order valence-corrected chi connectivity index (χ1v) is 8.55. The largest absolute Gasteiger partial charge is 0.489 e. The van der Waals surface area contributed by atoms with Crippen molar-refractivity contribution >= 4 is 23.7 Å². The second kappa shape index (κ2) is 8.96. The zero-order valence-electron chi connectivity index (χ0n) is 14.2. The van der Waals surface area contributed by atoms with E-state index in [0.29, 0.717) is 22.9 Å². The Morgan fingerprint density at radius 3 is 2.44 bits per heavy atom. The monoisotopic (exact) mass is 382 g/mol. The maximum absolute atomic E-state index is 12.8. The summed E-state index contributed by atoms with van der Waals surface area (Å²) >= 11 is 6.10. The van der Waals surface area contributed by atoms with Crippen molar-refractivity contribution in [2.75, 3.05) is 0 Å². The molecule has 0 saturated carbocycles. The van der Waals surface area contributed by atoms with E-state index >= 15 is 0 Å². The van der Waals surface area contributed by atoms with Crippen molar-refractivity contribution in [3.05, 3.63) is 100 Å². The van der Waals surface area contributed by atoms with E-state index < -0.39 is 11.7 Å². The van der Waals surface area contributed by atoms with Gasteiger partial charge in [-0.15, -0.1) is 0 Å². The predicted molar refractivity (Wildman–Crippen MR) is 104 cm³/mol. The zero-order valence-corrected chi connectivity index (χ0v) is 15.0. The first-order chi connectivity index (χ1) is 13.1. The van der Waals surface area contributed by atoms with Crippen LogP contribution >= 0.6 is 11.6 Å². The van der Waals surface area contributed by atoms with E-state index in [0.717, 1.165) is 11.1 Å². The molecule has 0 fully saturated rings. The molecule has 0 bridgehead atoms. The number of carbonyl (C=O) groups is 1. The van der Waals surface area contributed by atoms with Crippen LogP contribution in [0.15, 0.2) is 77.9 Å². The Hall–Kier alpha value is -3.18. The fraction of sp³-hybridized carbons (Fsp3) is 0.0476. The van der Waals surface area contributed by atoms with Crippen LogP contribution in [-0.4, -0.2) is 12.1 Å². The molecule has 4 nitrogen and oxygen atoms in total. The van der Waals surface area contributed by atoms with Gasteiger partial charge in [0.1, 0.15) is 18.2 Å². The minimum Gasteiger partial charge on any atom is -0.489 e. The summed E-state index contributed by atoms with van der Waals surface area (Å²) in [7, 11) is 0. The normalized spacial score (nSPS) is 10.7. The smallest absolute Gasteiger partial charge is 0.271 e. The molecule has 0 saturated heterocycles. The van der Waals surface area contributed by atoms with Crippen LogP contribution < -0.4 is 10.2 Å². The Labute approximate surface area is 161 Å². The third-order valence-corrected chi connectivity index (χ3v) is 4.09. The van der Waals surface area contributed by atoms with Gasteiger partial charge in [-0.3, -0.25) is 4.79 Å². The lowest BCUT2D eigenvalue weighted by Crippen LogP contribution is -2.17. The molecule has 27 heavy (non-hydrogen) atoms. The van der Waals surface area contributed by atoms with Gasteiger partial charge in [0.15, 0.2) is 0 Å². The second-order valence-electron chi connectivity index (χ2n) is 5.66. The van der Waals surface area contributed by atoms with Gasteiger partial charge < -0.3 is 4.74 Å². The van der Waals surface area contributed by atoms with E-state index in [-0.39, 0.29) is 0 Å². The maximum atomic E-state index is 12.8. The highest BCUT2D eigenvalue weighted by atomic mass is 35.5. The topological polar surface area (TPSA) is 50.7 Å². The number of nitrogens with one attached hydrogen (secondary N) is 1. The molecule has 0 radical (unpaired) electrons. The molecule has 0 atom stereocenters. The highest BCUT2D eigenvalue weighted by Gasteiger charge is 2.04. The lowest BCUT2D eigenvalue weighted by molar-refractivity contribution is 0.0955. The molecule has 3 aromatic carbocycles. The van der Waals surface area contributed by atoms with Gasteiger partial charge in [-0.2, -0.15) is 5.10 Å². The zero-order chi connectivity index (χ0) is 19.1. The van der Waals surface area contributed by atoms with Crippen molar-refractivity contribution in [1.82, 2.24) is 5.43 Å². The summed E-state index contributed by atoms with van der Waals surface area (Å²) in [5, 5.41) is 4.56. The van der Waals surface area contributed by atoms with E-state index in [4.69, 9.17) is 16.3 Å². The van der Waals surface area contributed by atoms with Crippen LogP contribution in [0.4, 0.5) is 4.39 Å². The summed E-state index contributed by atoms with van der Waals surface area (Å²) in [4.78, 5) is 11.9. The van der Waals surface area contributed by atoms with Gasteiger partial charge >= 0.3 is 0 Å². The van der Waals surface area contributed by atoms with Crippen molar-refractivity contribution in [1.29, 1.82) is 0 Å². The predicted octanol–water partition coefficient (Wildman–Crippen LogP) is 4.82. The number of benzene rings is 3. The Balaban J connectivity index is 1.52. The third-order valence-electron chi connectivity index (χ3n) is 3.72. The number of rotatable bonds is 6. The average molecular weight is 383 g/mol. The van der Waals surface area contributed by atoms with Gasteiger partial charge in [-0.25, -0.2) is 9.82 Å². The molecule has 0 spiro atoms. The second-order valence-corrected chi connectivity index (χ2v) is 6.06. The Morgan fingerprint density at radius 1 is 1.04 bits per heavy atom. The summed E-state index contributed by atoms with van der Waals surface area (Å²) < 4.78 is 18.6. The SMILES string of the molecule is O=C(N/N=C/c1ccc(OCc2ccccc2Cl)cc1)c1ccc(F)cc1. The van der Waals surface area contributed by atoms with Crippen molar-refractivity contribution in [2.24, 2.45) is 5.10 Å². The van der Waals surface area contributed by atoms with Crippen molar-refractivity contribution < 1.29 is 13.9 Å². The minimum absolute atomic E-state index is 0.330. The van der Waals surface area contributed by atoms with E-state index in [1.807, 2.05) is 36.4 Å². The highest BCUT2D eigenvalue weighted by Crippen LogP contribution is 2.18. The van der Waals surface area contributed by atoms with Gasteiger partial charge in [0.25, 0.3) is 5.91 Å². The molecule has 0 unspecified atom stereocenters. The number of nitrogens with zero attached hydrogens (tertiary/aromatic N) is 1. The molecule has 0 aliphatic rings. The van der Waals surface area contributed by atoms with Crippen LogP contribution in [-0.2, 0) is 6.61 Å². The third kappa shape index (κ3) is 5.39. The molecule has 3 aromatic rings. The van der Waals surface area contributed by atoms with E-state index in [1.54, 1.807) is 12.1 Å². The summed E-state index contributed by atoms with van der Waals surface area (Å²) in [6.45, 7) is 0.376. The van der Waals surface area contributed by atoms with E-state index in [9.17, 15) is 9.18 Å². The van der Waals surface area contributed by atoms with Crippen molar-refractivity contribution in [2.45, 2.75) is 6.61 Å². The Bertz CT molecular complexity index is 941. The van der Waals surface area contributed by atoms with Crippen molar-refractivity contribution in [3.8, 4) is 5.75 Å². The average Bonchev–Trinajstić information content (AvgIpc) is 2.69. The molecule has 6 heteroatoms. The van der Waals surface area contributed by atoms with Crippen LogP contribution in [0, 0.1) is 5.82 Å². The molecule has 0 aromatic heterocycles. The number of ether oxygens (including phenoxy) is 1.